The molecule has 0 saturated heterocycles. The van der Waals surface area contributed by atoms with Gasteiger partial charge in [-0.25, -0.2) is 0 Å². The molecule has 1 N–H and O–H groups in total. The Hall–Kier alpha value is -1.34. The third-order valence-corrected chi connectivity index (χ3v) is 3.89. The average molecular weight is 226 g/mol. The minimum Gasteiger partial charge on any atom is -0.390 e. The average Bonchev–Trinajstić information content (AvgIpc) is 3.13. The monoisotopic (exact) mass is 226 g/mol. The predicted octanol–water partition coefficient (Wildman–Crippen LogP) is 3.54. The molecule has 0 spiro atoms. The molecule has 1 fully saturated rings. The van der Waals surface area contributed by atoms with Crippen molar-refractivity contribution < 1.29 is 5.11 Å². The Bertz CT molecular complexity index is 533. The van der Waals surface area contributed by atoms with Crippen LogP contribution in [0.4, 0.5) is 0 Å². The van der Waals surface area contributed by atoms with Gasteiger partial charge in [0.05, 0.1) is 5.60 Å². The summed E-state index contributed by atoms with van der Waals surface area (Å²) >= 11 is 0. The Labute approximate surface area is 102 Å². The van der Waals surface area contributed by atoms with E-state index in [1.165, 1.54) is 29.2 Å². The predicted molar refractivity (Wildman–Crippen MR) is 71.0 cm³/mol. The zero-order valence-electron chi connectivity index (χ0n) is 10.2. The molecule has 0 bridgehead atoms. The van der Waals surface area contributed by atoms with Crippen molar-refractivity contribution in [1.82, 2.24) is 0 Å². The van der Waals surface area contributed by atoms with Crippen LogP contribution in [0.3, 0.4) is 0 Å². The van der Waals surface area contributed by atoms with E-state index in [1.807, 2.05) is 6.92 Å². The number of hydrogen-bond donors (Lipinski definition) is 1. The van der Waals surface area contributed by atoms with E-state index < -0.39 is 5.60 Å². The van der Waals surface area contributed by atoms with Crippen LogP contribution in [0.5, 0.6) is 0 Å². The highest BCUT2D eigenvalue weighted by Gasteiger charge is 2.39. The standard InChI is InChI=1S/C16H18O/c1-16(17,14-9-10-14)11-13-7-4-6-12-5-2-3-8-15(12)13/h2-8,14,17H,9-11H2,1H3. The lowest BCUT2D eigenvalue weighted by molar-refractivity contribution is 0.0375. The minimum atomic E-state index is -0.538. The lowest BCUT2D eigenvalue weighted by Crippen LogP contribution is -2.29. The molecule has 0 aliphatic heterocycles. The van der Waals surface area contributed by atoms with Crippen LogP contribution < -0.4 is 0 Å². The van der Waals surface area contributed by atoms with Crippen LogP contribution >= 0.6 is 0 Å². The molecule has 88 valence electrons. The van der Waals surface area contributed by atoms with Crippen LogP contribution in [0.2, 0.25) is 0 Å². The second kappa shape index (κ2) is 3.85. The highest BCUT2D eigenvalue weighted by molar-refractivity contribution is 5.85. The van der Waals surface area contributed by atoms with E-state index in [2.05, 4.69) is 42.5 Å². The second-order valence-electron chi connectivity index (χ2n) is 5.45. The highest BCUT2D eigenvalue weighted by Crippen LogP contribution is 2.41. The summed E-state index contributed by atoms with van der Waals surface area (Å²) in [6, 6.07) is 14.8. The van der Waals surface area contributed by atoms with Gasteiger partial charge in [0, 0.05) is 6.42 Å². The summed E-state index contributed by atoms with van der Waals surface area (Å²) < 4.78 is 0. The van der Waals surface area contributed by atoms with Crippen LogP contribution in [0.1, 0.15) is 25.3 Å². The van der Waals surface area contributed by atoms with E-state index >= 15 is 0 Å². The fourth-order valence-electron chi connectivity index (χ4n) is 2.68. The summed E-state index contributed by atoms with van der Waals surface area (Å²) in [5.74, 6) is 0.501. The van der Waals surface area contributed by atoms with Gasteiger partial charge >= 0.3 is 0 Å². The van der Waals surface area contributed by atoms with Gasteiger partial charge in [-0.2, -0.15) is 0 Å². The molecule has 17 heavy (non-hydrogen) atoms. The van der Waals surface area contributed by atoms with Gasteiger partial charge in [0.1, 0.15) is 0 Å². The molecule has 1 atom stereocenters. The molecule has 0 aromatic heterocycles. The summed E-state index contributed by atoms with van der Waals surface area (Å²) in [5.41, 5.74) is 0.726. The van der Waals surface area contributed by atoms with Gasteiger partial charge in [0.25, 0.3) is 0 Å². The molecule has 1 aliphatic rings. The number of fused-ring (bicyclic) bond motifs is 1. The van der Waals surface area contributed by atoms with Crippen molar-refractivity contribution in [2.45, 2.75) is 31.8 Å². The first-order valence-corrected chi connectivity index (χ1v) is 6.36. The van der Waals surface area contributed by atoms with E-state index in [0.29, 0.717) is 5.92 Å². The molecule has 1 nitrogen and oxygen atoms in total. The van der Waals surface area contributed by atoms with Gasteiger partial charge in [-0.05, 0) is 42.0 Å². The van der Waals surface area contributed by atoms with Crippen molar-refractivity contribution >= 4 is 10.8 Å². The summed E-state index contributed by atoms with van der Waals surface area (Å²) in [7, 11) is 0. The van der Waals surface area contributed by atoms with Crippen LogP contribution in [-0.4, -0.2) is 10.7 Å². The van der Waals surface area contributed by atoms with Crippen LogP contribution in [-0.2, 0) is 6.42 Å². The molecule has 1 heteroatoms. The maximum atomic E-state index is 10.5. The van der Waals surface area contributed by atoms with E-state index in [9.17, 15) is 5.11 Å². The molecular formula is C16H18O. The van der Waals surface area contributed by atoms with Crippen molar-refractivity contribution in [2.24, 2.45) is 5.92 Å². The smallest absolute Gasteiger partial charge is 0.0688 e. The van der Waals surface area contributed by atoms with Gasteiger partial charge in [-0.15, -0.1) is 0 Å². The van der Waals surface area contributed by atoms with Gasteiger partial charge < -0.3 is 5.11 Å². The number of hydrogen-bond acceptors (Lipinski definition) is 1. The number of benzene rings is 2. The molecule has 1 unspecified atom stereocenters. The quantitative estimate of drug-likeness (QED) is 0.848. The molecule has 0 radical (unpaired) electrons. The molecule has 2 aromatic rings. The molecule has 0 amide bonds. The van der Waals surface area contributed by atoms with Crippen molar-refractivity contribution in [3.8, 4) is 0 Å². The molecule has 0 heterocycles. The second-order valence-corrected chi connectivity index (χ2v) is 5.45. The number of rotatable bonds is 3. The zero-order valence-corrected chi connectivity index (χ0v) is 10.2. The largest absolute Gasteiger partial charge is 0.390 e. The number of aliphatic hydroxyl groups is 1. The topological polar surface area (TPSA) is 20.2 Å². The normalized spacial score (nSPS) is 19.2. The van der Waals surface area contributed by atoms with Crippen molar-refractivity contribution in [3.63, 3.8) is 0 Å². The van der Waals surface area contributed by atoms with E-state index in [0.717, 1.165) is 6.42 Å². The SMILES string of the molecule is CC(O)(Cc1cccc2ccccc12)C1CC1. The first kappa shape index (κ1) is 10.8. The highest BCUT2D eigenvalue weighted by atomic mass is 16.3. The van der Waals surface area contributed by atoms with Crippen molar-refractivity contribution in [1.29, 1.82) is 0 Å². The van der Waals surface area contributed by atoms with Gasteiger partial charge in [0.2, 0.25) is 0 Å². The Morgan fingerprint density at radius 1 is 1.12 bits per heavy atom. The maximum absolute atomic E-state index is 10.5. The van der Waals surface area contributed by atoms with E-state index in [1.54, 1.807) is 0 Å². The third kappa shape index (κ3) is 2.07. The third-order valence-electron chi connectivity index (χ3n) is 3.89. The summed E-state index contributed by atoms with van der Waals surface area (Å²) in [6.07, 6.45) is 3.12. The van der Waals surface area contributed by atoms with Crippen molar-refractivity contribution in [3.05, 3.63) is 48.0 Å². The van der Waals surface area contributed by atoms with E-state index in [-0.39, 0.29) is 0 Å². The Morgan fingerprint density at radius 2 is 1.82 bits per heavy atom. The van der Waals surface area contributed by atoms with Crippen LogP contribution in [0, 0.1) is 5.92 Å². The maximum Gasteiger partial charge on any atom is 0.0688 e. The Kier molecular flexibility index (Phi) is 2.44. The molecule has 1 aliphatic carbocycles. The Morgan fingerprint density at radius 3 is 2.59 bits per heavy atom. The molecule has 1 saturated carbocycles. The van der Waals surface area contributed by atoms with Gasteiger partial charge in [-0.1, -0.05) is 42.5 Å². The van der Waals surface area contributed by atoms with Crippen LogP contribution in [0.25, 0.3) is 10.8 Å². The fraction of sp³-hybridized carbons (Fsp3) is 0.375. The van der Waals surface area contributed by atoms with Crippen molar-refractivity contribution in [2.75, 3.05) is 0 Å². The molecular weight excluding hydrogens is 208 g/mol. The lowest BCUT2D eigenvalue weighted by atomic mass is 9.89. The Balaban J connectivity index is 1.99. The first-order chi connectivity index (χ1) is 8.17. The van der Waals surface area contributed by atoms with Gasteiger partial charge in [0.15, 0.2) is 0 Å². The lowest BCUT2D eigenvalue weighted by Gasteiger charge is -2.23. The summed E-state index contributed by atoms with van der Waals surface area (Å²) in [6.45, 7) is 1.98. The molecule has 3 rings (SSSR count). The summed E-state index contributed by atoms with van der Waals surface area (Å²) in [5, 5.41) is 13.0. The zero-order chi connectivity index (χ0) is 11.9. The summed E-state index contributed by atoms with van der Waals surface area (Å²) in [4.78, 5) is 0. The fourth-order valence-corrected chi connectivity index (χ4v) is 2.68. The van der Waals surface area contributed by atoms with E-state index in [4.69, 9.17) is 0 Å². The minimum absolute atomic E-state index is 0.501. The molecule has 2 aromatic carbocycles. The van der Waals surface area contributed by atoms with Crippen LogP contribution in [0.15, 0.2) is 42.5 Å². The first-order valence-electron chi connectivity index (χ1n) is 6.36. The van der Waals surface area contributed by atoms with Gasteiger partial charge in [-0.3, -0.25) is 0 Å².